The fourth-order valence-electron chi connectivity index (χ4n) is 8.26. The summed E-state index contributed by atoms with van der Waals surface area (Å²) in [5, 5.41) is 75.9. The van der Waals surface area contributed by atoms with Crippen molar-refractivity contribution in [1.82, 2.24) is 5.32 Å². The molecule has 0 saturated carbocycles. The third-order valence-corrected chi connectivity index (χ3v) is 12.5. The van der Waals surface area contributed by atoms with Gasteiger partial charge in [0.2, 0.25) is 5.91 Å². The van der Waals surface area contributed by atoms with Crippen LogP contribution < -0.4 is 5.32 Å². The number of aliphatic hydroxyl groups excluding tert-OH is 7. The first-order valence-electron chi connectivity index (χ1n) is 25.8. The molecule has 1 fully saturated rings. The van der Waals surface area contributed by atoms with Gasteiger partial charge in [0.25, 0.3) is 0 Å². The molecule has 0 aromatic heterocycles. The van der Waals surface area contributed by atoms with E-state index in [4.69, 9.17) is 9.47 Å². The van der Waals surface area contributed by atoms with Crippen LogP contribution in [-0.4, -0.2) is 110 Å². The normalized spacial score (nSPS) is 21.5. The summed E-state index contributed by atoms with van der Waals surface area (Å²) in [6, 6.07) is -1.17. The Hall–Kier alpha value is -1.41. The zero-order valence-corrected chi connectivity index (χ0v) is 39.6. The number of rotatable bonds is 43. The van der Waals surface area contributed by atoms with Crippen LogP contribution in [0.25, 0.3) is 0 Å². The van der Waals surface area contributed by atoms with Gasteiger partial charge >= 0.3 is 0 Å². The molecule has 366 valence electrons. The van der Waals surface area contributed by atoms with Crippen LogP contribution in [0.2, 0.25) is 0 Å². The highest BCUT2D eigenvalue weighted by atomic mass is 16.7. The standard InChI is InChI=1S/C51H97NO10/c1-3-5-7-9-11-13-15-17-19-21-23-25-27-29-31-33-35-37-39-44(55)50(60)52-42(41-61-51-49(59)48(58)47(57)45(40-53)62-51)46(56)43(54)38-36-34-32-30-28-26-24-22-20-18-16-14-12-10-8-6-4-2/h11,13,15,17,42-49,51,53-59H,3-10,12,14,16,18-41H2,1-2H3,(H,52,60)/b13-11-,17-15-. The van der Waals surface area contributed by atoms with Gasteiger partial charge in [-0.15, -0.1) is 0 Å². The number of carbonyl (C=O) groups is 1. The molecule has 1 amide bonds. The molecule has 0 aromatic carbocycles. The van der Waals surface area contributed by atoms with E-state index in [-0.39, 0.29) is 6.42 Å². The molecule has 1 rings (SSSR count). The topological polar surface area (TPSA) is 189 Å². The Morgan fingerprint density at radius 2 is 0.968 bits per heavy atom. The van der Waals surface area contributed by atoms with Crippen molar-refractivity contribution in [2.75, 3.05) is 13.2 Å². The Labute approximate surface area is 378 Å². The maximum absolute atomic E-state index is 13.1. The molecule has 0 aliphatic carbocycles. The van der Waals surface area contributed by atoms with Gasteiger partial charge in [-0.3, -0.25) is 4.79 Å². The number of amides is 1. The van der Waals surface area contributed by atoms with E-state index in [1.54, 1.807) is 0 Å². The summed E-state index contributed by atoms with van der Waals surface area (Å²) in [7, 11) is 0. The highest BCUT2D eigenvalue weighted by molar-refractivity contribution is 5.80. The number of unbranched alkanes of at least 4 members (excludes halogenated alkanes) is 28. The predicted octanol–water partition coefficient (Wildman–Crippen LogP) is 9.40. The summed E-state index contributed by atoms with van der Waals surface area (Å²) in [5.41, 5.74) is 0. The van der Waals surface area contributed by atoms with E-state index < -0.39 is 74.2 Å². The summed E-state index contributed by atoms with van der Waals surface area (Å²) in [6.45, 7) is 3.43. The van der Waals surface area contributed by atoms with Crippen molar-refractivity contribution in [1.29, 1.82) is 0 Å². The minimum Gasteiger partial charge on any atom is -0.394 e. The highest BCUT2D eigenvalue weighted by Crippen LogP contribution is 2.23. The number of nitrogens with one attached hydrogen (secondary N) is 1. The molecule has 11 nitrogen and oxygen atoms in total. The van der Waals surface area contributed by atoms with E-state index in [9.17, 15) is 40.5 Å². The monoisotopic (exact) mass is 884 g/mol. The van der Waals surface area contributed by atoms with Crippen molar-refractivity contribution >= 4 is 5.91 Å². The second kappa shape index (κ2) is 41.1. The van der Waals surface area contributed by atoms with Gasteiger partial charge in [-0.1, -0.05) is 212 Å². The van der Waals surface area contributed by atoms with Crippen molar-refractivity contribution in [2.24, 2.45) is 0 Å². The number of allylic oxidation sites excluding steroid dienone is 4. The van der Waals surface area contributed by atoms with Crippen molar-refractivity contribution in [3.05, 3.63) is 24.3 Å². The van der Waals surface area contributed by atoms with Gasteiger partial charge in [-0.2, -0.15) is 0 Å². The molecule has 0 bridgehead atoms. The highest BCUT2D eigenvalue weighted by Gasteiger charge is 2.44. The van der Waals surface area contributed by atoms with Gasteiger partial charge in [0, 0.05) is 0 Å². The lowest BCUT2D eigenvalue weighted by Crippen LogP contribution is -2.60. The van der Waals surface area contributed by atoms with Gasteiger partial charge in [0.15, 0.2) is 6.29 Å². The van der Waals surface area contributed by atoms with E-state index in [0.717, 1.165) is 44.9 Å². The van der Waals surface area contributed by atoms with Crippen LogP contribution in [-0.2, 0) is 14.3 Å². The van der Waals surface area contributed by atoms with Gasteiger partial charge in [0.05, 0.1) is 25.4 Å². The molecular weight excluding hydrogens is 787 g/mol. The van der Waals surface area contributed by atoms with Crippen molar-refractivity contribution in [2.45, 2.75) is 281 Å². The lowest BCUT2D eigenvalue weighted by Gasteiger charge is -2.40. The zero-order chi connectivity index (χ0) is 45.5. The summed E-state index contributed by atoms with van der Waals surface area (Å²) in [4.78, 5) is 13.1. The number of ether oxygens (including phenoxy) is 2. The van der Waals surface area contributed by atoms with E-state index in [0.29, 0.717) is 19.3 Å². The summed E-state index contributed by atoms with van der Waals surface area (Å²) in [5.74, 6) is -0.700. The molecular formula is C51H97NO10. The summed E-state index contributed by atoms with van der Waals surface area (Å²) < 4.78 is 11.1. The maximum Gasteiger partial charge on any atom is 0.249 e. The van der Waals surface area contributed by atoms with E-state index in [1.807, 2.05) is 0 Å². The van der Waals surface area contributed by atoms with Crippen LogP contribution in [0.3, 0.4) is 0 Å². The smallest absolute Gasteiger partial charge is 0.249 e. The Balaban J connectivity index is 2.40. The van der Waals surface area contributed by atoms with Crippen molar-refractivity contribution in [3.63, 3.8) is 0 Å². The van der Waals surface area contributed by atoms with Gasteiger partial charge in [-0.05, 0) is 38.5 Å². The molecule has 9 atom stereocenters. The van der Waals surface area contributed by atoms with Crippen LogP contribution in [0, 0.1) is 0 Å². The third kappa shape index (κ3) is 29.9. The van der Waals surface area contributed by atoms with Gasteiger partial charge in [-0.25, -0.2) is 0 Å². The molecule has 11 heteroatoms. The molecule has 1 aliphatic rings. The second-order valence-corrected chi connectivity index (χ2v) is 18.3. The summed E-state index contributed by atoms with van der Waals surface area (Å²) in [6.07, 6.45) is 35.0. The molecule has 9 unspecified atom stereocenters. The number of hydrogen-bond acceptors (Lipinski definition) is 10. The minimum atomic E-state index is -1.66. The first-order valence-corrected chi connectivity index (χ1v) is 25.8. The Bertz CT molecular complexity index is 1060. The minimum absolute atomic E-state index is 0.255. The third-order valence-electron chi connectivity index (χ3n) is 12.5. The van der Waals surface area contributed by atoms with Gasteiger partial charge in [0.1, 0.15) is 36.6 Å². The zero-order valence-electron chi connectivity index (χ0n) is 39.6. The number of carbonyl (C=O) groups excluding carboxylic acids is 1. The van der Waals surface area contributed by atoms with Crippen molar-refractivity contribution in [3.8, 4) is 0 Å². The van der Waals surface area contributed by atoms with E-state index in [2.05, 4.69) is 43.5 Å². The van der Waals surface area contributed by atoms with Crippen LogP contribution in [0.15, 0.2) is 24.3 Å². The average molecular weight is 884 g/mol. The van der Waals surface area contributed by atoms with Crippen LogP contribution in [0.1, 0.15) is 226 Å². The quantitative estimate of drug-likeness (QED) is 0.0216. The number of hydrogen-bond donors (Lipinski definition) is 8. The summed E-state index contributed by atoms with van der Waals surface area (Å²) >= 11 is 0. The molecule has 1 saturated heterocycles. The fraction of sp³-hybridized carbons (Fsp3) is 0.902. The first kappa shape index (κ1) is 58.6. The maximum atomic E-state index is 13.1. The van der Waals surface area contributed by atoms with Crippen LogP contribution in [0.4, 0.5) is 0 Å². The molecule has 8 N–H and O–H groups in total. The molecule has 0 spiro atoms. The van der Waals surface area contributed by atoms with E-state index in [1.165, 1.54) is 141 Å². The molecule has 1 aliphatic heterocycles. The Morgan fingerprint density at radius 1 is 0.565 bits per heavy atom. The number of aliphatic hydroxyl groups is 7. The van der Waals surface area contributed by atoms with Gasteiger partial charge < -0.3 is 50.5 Å². The lowest BCUT2D eigenvalue weighted by atomic mass is 9.98. The van der Waals surface area contributed by atoms with Crippen LogP contribution in [0.5, 0.6) is 0 Å². The lowest BCUT2D eigenvalue weighted by molar-refractivity contribution is -0.303. The predicted molar refractivity (Wildman–Crippen MR) is 252 cm³/mol. The molecule has 0 aromatic rings. The molecule has 1 heterocycles. The average Bonchev–Trinajstić information content (AvgIpc) is 3.27. The van der Waals surface area contributed by atoms with E-state index >= 15 is 0 Å². The van der Waals surface area contributed by atoms with Crippen molar-refractivity contribution < 1.29 is 50.0 Å². The second-order valence-electron chi connectivity index (χ2n) is 18.3. The first-order chi connectivity index (χ1) is 30.2. The molecule has 0 radical (unpaired) electrons. The largest absolute Gasteiger partial charge is 0.394 e. The Morgan fingerprint density at radius 3 is 1.44 bits per heavy atom. The SMILES string of the molecule is CCCCC/C=C\C=C/CCCCCCCCCCCC(O)C(=O)NC(COC1OC(CO)C(O)C(O)C1O)C(O)C(O)CCCCCCCCCCCCCCCCCCC. The molecule has 62 heavy (non-hydrogen) atoms. The fourth-order valence-corrected chi connectivity index (χ4v) is 8.26. The Kier molecular flexibility index (Phi) is 38.8. The van der Waals surface area contributed by atoms with Crippen LogP contribution >= 0.6 is 0 Å².